The SMILES string of the molecule is CC[I-]C1=CCC(CC)C1. The van der Waals surface area contributed by atoms with E-state index in [1.54, 1.807) is 0 Å². The third kappa shape index (κ3) is 2.26. The molecule has 1 unspecified atom stereocenters. The van der Waals surface area contributed by atoms with Crippen LogP contribution in [0.2, 0.25) is 0 Å². The molecule has 60 valence electrons. The van der Waals surface area contributed by atoms with Crippen LogP contribution in [-0.4, -0.2) is 4.43 Å². The maximum atomic E-state index is 2.50. The van der Waals surface area contributed by atoms with Crippen molar-refractivity contribution in [1.82, 2.24) is 0 Å². The van der Waals surface area contributed by atoms with Gasteiger partial charge in [-0.2, -0.15) is 0 Å². The number of halogens is 1. The van der Waals surface area contributed by atoms with Crippen LogP contribution in [0.1, 0.15) is 33.1 Å². The van der Waals surface area contributed by atoms with E-state index in [1.165, 1.54) is 23.7 Å². The maximum absolute atomic E-state index is 2.50. The number of hydrogen-bond acceptors (Lipinski definition) is 0. The number of rotatable bonds is 3. The first kappa shape index (κ1) is 8.57. The monoisotopic (exact) mass is 251 g/mol. The summed E-state index contributed by atoms with van der Waals surface area (Å²) in [5, 5.41) is 0. The van der Waals surface area contributed by atoms with E-state index in [4.69, 9.17) is 0 Å². The second-order valence-corrected chi connectivity index (χ2v) is 6.44. The van der Waals surface area contributed by atoms with E-state index in [1.807, 2.05) is 3.58 Å². The minimum atomic E-state index is 0.452. The first-order valence-corrected chi connectivity index (χ1v) is 6.75. The van der Waals surface area contributed by atoms with Gasteiger partial charge in [-0.1, -0.05) is 0 Å². The first-order valence-electron chi connectivity index (χ1n) is 4.15. The predicted octanol–water partition coefficient (Wildman–Crippen LogP) is -0.201. The third-order valence-corrected chi connectivity index (χ3v) is 4.66. The molecule has 0 aromatic carbocycles. The topological polar surface area (TPSA) is 0 Å². The molecule has 0 heterocycles. The quantitative estimate of drug-likeness (QED) is 0.481. The fraction of sp³-hybridized carbons (Fsp3) is 0.778. The van der Waals surface area contributed by atoms with Crippen LogP contribution < -0.4 is 21.2 Å². The molecule has 1 heteroatoms. The summed E-state index contributed by atoms with van der Waals surface area (Å²) < 4.78 is 3.26. The van der Waals surface area contributed by atoms with E-state index >= 15 is 0 Å². The van der Waals surface area contributed by atoms with Crippen LogP contribution in [0.3, 0.4) is 0 Å². The average Bonchev–Trinajstić information content (AvgIpc) is 2.37. The van der Waals surface area contributed by atoms with E-state index in [2.05, 4.69) is 19.9 Å². The van der Waals surface area contributed by atoms with Gasteiger partial charge >= 0.3 is 74.3 Å². The van der Waals surface area contributed by atoms with Crippen LogP contribution in [0.15, 0.2) is 9.66 Å². The van der Waals surface area contributed by atoms with Crippen molar-refractivity contribution in [3.8, 4) is 0 Å². The van der Waals surface area contributed by atoms with Crippen LogP contribution in [0.4, 0.5) is 0 Å². The van der Waals surface area contributed by atoms with Crippen molar-refractivity contribution in [2.24, 2.45) is 5.92 Å². The molecule has 0 nitrogen and oxygen atoms in total. The summed E-state index contributed by atoms with van der Waals surface area (Å²) in [5.41, 5.74) is 0. The molecular formula is C9H16I-. The van der Waals surface area contributed by atoms with Gasteiger partial charge in [0.05, 0.1) is 0 Å². The molecule has 1 aliphatic rings. The van der Waals surface area contributed by atoms with Crippen molar-refractivity contribution in [3.63, 3.8) is 0 Å². The van der Waals surface area contributed by atoms with E-state index in [0.29, 0.717) is 21.2 Å². The van der Waals surface area contributed by atoms with Crippen molar-refractivity contribution < 1.29 is 21.2 Å². The van der Waals surface area contributed by atoms with Crippen LogP contribution in [0, 0.1) is 5.92 Å². The second-order valence-electron chi connectivity index (χ2n) is 2.77. The van der Waals surface area contributed by atoms with E-state index in [-0.39, 0.29) is 0 Å². The molecule has 1 aliphatic carbocycles. The summed E-state index contributed by atoms with van der Waals surface area (Å²) in [6.45, 7) is 4.62. The molecule has 0 saturated heterocycles. The van der Waals surface area contributed by atoms with Gasteiger partial charge in [0.15, 0.2) is 0 Å². The molecule has 0 fully saturated rings. The van der Waals surface area contributed by atoms with Crippen molar-refractivity contribution >= 4 is 0 Å². The van der Waals surface area contributed by atoms with Gasteiger partial charge in [-0.25, -0.2) is 0 Å². The minimum absolute atomic E-state index is 0.452. The van der Waals surface area contributed by atoms with Crippen molar-refractivity contribution in [2.75, 3.05) is 4.43 Å². The standard InChI is InChI=1S/C9H16I/c1-3-8-5-6-9(7-8)10-4-2/h6,8H,3-5,7H2,1-2H3/q-1. The second kappa shape index (κ2) is 4.37. The fourth-order valence-electron chi connectivity index (χ4n) is 1.33. The van der Waals surface area contributed by atoms with Crippen molar-refractivity contribution in [3.05, 3.63) is 9.66 Å². The molecule has 0 aromatic rings. The zero-order valence-corrected chi connectivity index (χ0v) is 9.02. The van der Waals surface area contributed by atoms with Gasteiger partial charge in [0.25, 0.3) is 0 Å². The van der Waals surface area contributed by atoms with Crippen molar-refractivity contribution in [2.45, 2.75) is 33.1 Å². The summed E-state index contributed by atoms with van der Waals surface area (Å²) in [4.78, 5) is 0. The van der Waals surface area contributed by atoms with Gasteiger partial charge in [-0.05, 0) is 0 Å². The van der Waals surface area contributed by atoms with Gasteiger partial charge in [0.2, 0.25) is 0 Å². The summed E-state index contributed by atoms with van der Waals surface area (Å²) in [5.74, 6) is 1.02. The fourth-order valence-corrected chi connectivity index (χ4v) is 3.81. The Kier molecular flexibility index (Phi) is 3.74. The van der Waals surface area contributed by atoms with E-state index in [0.717, 1.165) is 5.92 Å². The molecule has 10 heavy (non-hydrogen) atoms. The van der Waals surface area contributed by atoms with Crippen LogP contribution >= 0.6 is 0 Å². The molecule has 0 amide bonds. The Labute approximate surface area is 74.3 Å². The molecule has 1 rings (SSSR count). The molecule has 1 atom stereocenters. The zero-order valence-electron chi connectivity index (χ0n) is 6.86. The molecule has 0 radical (unpaired) electrons. The molecule has 0 N–H and O–H groups in total. The molecular weight excluding hydrogens is 235 g/mol. The first-order chi connectivity index (χ1) is 4.86. The summed E-state index contributed by atoms with van der Waals surface area (Å²) in [7, 11) is 0. The summed E-state index contributed by atoms with van der Waals surface area (Å²) >= 11 is 0.452. The van der Waals surface area contributed by atoms with E-state index < -0.39 is 0 Å². The van der Waals surface area contributed by atoms with Gasteiger partial charge in [-0.15, -0.1) is 0 Å². The normalized spacial score (nSPS) is 25.4. The van der Waals surface area contributed by atoms with Crippen LogP contribution in [0.25, 0.3) is 0 Å². The molecule has 0 spiro atoms. The van der Waals surface area contributed by atoms with Gasteiger partial charge in [0.1, 0.15) is 0 Å². The van der Waals surface area contributed by atoms with E-state index in [9.17, 15) is 0 Å². The Bertz CT molecular complexity index is 127. The molecule has 0 bridgehead atoms. The Balaban J connectivity index is 2.25. The van der Waals surface area contributed by atoms with Gasteiger partial charge in [0, 0.05) is 0 Å². The Morgan fingerprint density at radius 2 is 2.40 bits per heavy atom. The van der Waals surface area contributed by atoms with Gasteiger partial charge < -0.3 is 0 Å². The average molecular weight is 251 g/mol. The van der Waals surface area contributed by atoms with Gasteiger partial charge in [-0.3, -0.25) is 0 Å². The Morgan fingerprint density at radius 1 is 1.60 bits per heavy atom. The van der Waals surface area contributed by atoms with Crippen LogP contribution in [-0.2, 0) is 0 Å². The number of alkyl halides is 1. The van der Waals surface area contributed by atoms with Crippen molar-refractivity contribution in [1.29, 1.82) is 0 Å². The number of allylic oxidation sites excluding steroid dienone is 2. The molecule has 0 saturated carbocycles. The predicted molar refractivity (Wildman–Crippen MR) is 41.6 cm³/mol. The molecule has 0 aliphatic heterocycles. The number of hydrogen-bond donors (Lipinski definition) is 0. The Morgan fingerprint density at radius 3 is 2.90 bits per heavy atom. The Hall–Kier alpha value is 0.470. The molecule has 0 aromatic heterocycles. The third-order valence-electron chi connectivity index (χ3n) is 2.04. The summed E-state index contributed by atoms with van der Waals surface area (Å²) in [6.07, 6.45) is 6.71. The zero-order chi connectivity index (χ0) is 7.40. The summed E-state index contributed by atoms with van der Waals surface area (Å²) in [6, 6.07) is 0. The van der Waals surface area contributed by atoms with Crippen LogP contribution in [0.5, 0.6) is 0 Å².